The molecule has 0 saturated heterocycles. The van der Waals surface area contributed by atoms with Crippen LogP contribution in [0.4, 0.5) is 5.69 Å². The van der Waals surface area contributed by atoms with E-state index < -0.39 is 16.5 Å². The van der Waals surface area contributed by atoms with Crippen molar-refractivity contribution in [2.24, 2.45) is 0 Å². The molecular weight excluding hydrogens is 366 g/mol. The fourth-order valence-corrected chi connectivity index (χ4v) is 2.99. The van der Waals surface area contributed by atoms with Crippen LogP contribution in [0.2, 0.25) is 0 Å². The lowest BCUT2D eigenvalue weighted by Crippen LogP contribution is -2.24. The van der Waals surface area contributed by atoms with Gasteiger partial charge in [-0.25, -0.2) is 0 Å². The highest BCUT2D eigenvalue weighted by molar-refractivity contribution is 6.00. The number of hydrogen-bond acceptors (Lipinski definition) is 6. The van der Waals surface area contributed by atoms with Gasteiger partial charge in [0.15, 0.2) is 5.75 Å². The highest BCUT2D eigenvalue weighted by atomic mass is 16.6. The molecule has 0 aliphatic rings. The third kappa shape index (κ3) is 3.41. The molecule has 0 spiro atoms. The second-order valence-corrected chi connectivity index (χ2v) is 5.86. The molecule has 28 heavy (non-hydrogen) atoms. The summed E-state index contributed by atoms with van der Waals surface area (Å²) in [5, 5.41) is 15.3. The molecule has 0 radical (unpaired) electrons. The summed E-state index contributed by atoms with van der Waals surface area (Å²) in [6, 6.07) is 10.9. The Morgan fingerprint density at radius 1 is 1.11 bits per heavy atom. The first kappa shape index (κ1) is 19.0. The van der Waals surface area contributed by atoms with Crippen molar-refractivity contribution in [1.29, 1.82) is 0 Å². The Morgan fingerprint density at radius 2 is 1.82 bits per heavy atom. The van der Waals surface area contributed by atoms with E-state index in [1.807, 2.05) is 30.3 Å². The average Bonchev–Trinajstić information content (AvgIpc) is 3.12. The van der Waals surface area contributed by atoms with Gasteiger partial charge in [0.1, 0.15) is 5.56 Å². The van der Waals surface area contributed by atoms with Crippen molar-refractivity contribution in [3.8, 4) is 17.2 Å². The van der Waals surface area contributed by atoms with E-state index in [0.717, 1.165) is 16.6 Å². The standard InChI is InChI=1S/C19H19N3O6/c1-26-15-9-13(16(22(24)25)18(28-3)17(15)27-2)19(23)20-10-12-8-11-6-4-5-7-14(11)21-12/h4-9,21H,10H2,1-3H3,(H,20,23). The summed E-state index contributed by atoms with van der Waals surface area (Å²) < 4.78 is 15.5. The second-order valence-electron chi connectivity index (χ2n) is 5.86. The molecule has 9 nitrogen and oxygen atoms in total. The van der Waals surface area contributed by atoms with E-state index in [0.29, 0.717) is 0 Å². The number of para-hydroxylation sites is 1. The van der Waals surface area contributed by atoms with Crippen LogP contribution in [0, 0.1) is 10.1 Å². The maximum absolute atomic E-state index is 12.7. The van der Waals surface area contributed by atoms with Crippen LogP contribution in [0.5, 0.6) is 17.2 Å². The summed E-state index contributed by atoms with van der Waals surface area (Å²) in [5.41, 5.74) is 1.03. The summed E-state index contributed by atoms with van der Waals surface area (Å²) in [6.45, 7) is 0.168. The van der Waals surface area contributed by atoms with E-state index >= 15 is 0 Å². The lowest BCUT2D eigenvalue weighted by atomic mass is 10.1. The topological polar surface area (TPSA) is 116 Å². The fraction of sp³-hybridized carbons (Fsp3) is 0.211. The number of nitro groups is 1. The highest BCUT2D eigenvalue weighted by Gasteiger charge is 2.32. The molecule has 9 heteroatoms. The average molecular weight is 385 g/mol. The van der Waals surface area contributed by atoms with Crippen LogP contribution in [0.3, 0.4) is 0 Å². The SMILES string of the molecule is COc1cc(C(=O)NCc2cc3ccccc3[nH]2)c([N+](=O)[O-])c(OC)c1OC. The molecule has 146 valence electrons. The Hall–Kier alpha value is -3.75. The molecule has 3 rings (SSSR count). The molecular formula is C19H19N3O6. The number of aromatic nitrogens is 1. The van der Waals surface area contributed by atoms with Crippen LogP contribution < -0.4 is 19.5 Å². The second kappa shape index (κ2) is 7.87. The summed E-state index contributed by atoms with van der Waals surface area (Å²) in [4.78, 5) is 26.8. The van der Waals surface area contributed by atoms with Gasteiger partial charge < -0.3 is 24.5 Å². The molecule has 3 aromatic rings. The number of carbonyl (C=O) groups excluding carboxylic acids is 1. The number of aromatic amines is 1. The van der Waals surface area contributed by atoms with Gasteiger partial charge in [-0.2, -0.15) is 0 Å². The summed E-state index contributed by atoms with van der Waals surface area (Å²) >= 11 is 0. The predicted octanol–water partition coefficient (Wildman–Crippen LogP) is 3.03. The van der Waals surface area contributed by atoms with Crippen LogP contribution in [-0.2, 0) is 6.54 Å². The molecule has 0 fully saturated rings. The number of rotatable bonds is 7. The van der Waals surface area contributed by atoms with Gasteiger partial charge in [-0.3, -0.25) is 14.9 Å². The Balaban J connectivity index is 1.94. The molecule has 1 amide bonds. The van der Waals surface area contributed by atoms with Crippen molar-refractivity contribution in [2.45, 2.75) is 6.54 Å². The molecule has 1 aromatic heterocycles. The number of fused-ring (bicyclic) bond motifs is 1. The van der Waals surface area contributed by atoms with Crippen LogP contribution in [0.15, 0.2) is 36.4 Å². The highest BCUT2D eigenvalue weighted by Crippen LogP contribution is 2.46. The van der Waals surface area contributed by atoms with Crippen molar-refractivity contribution < 1.29 is 23.9 Å². The molecule has 0 saturated carbocycles. The number of H-pyrrole nitrogens is 1. The minimum Gasteiger partial charge on any atom is -0.493 e. The molecule has 1 heterocycles. The minimum absolute atomic E-state index is 0.0452. The number of nitrogens with one attached hydrogen (secondary N) is 2. The van der Waals surface area contributed by atoms with Crippen LogP contribution in [0.25, 0.3) is 10.9 Å². The van der Waals surface area contributed by atoms with Crippen molar-refractivity contribution >= 4 is 22.5 Å². The lowest BCUT2D eigenvalue weighted by Gasteiger charge is -2.14. The maximum Gasteiger partial charge on any atom is 0.327 e. The first-order valence-corrected chi connectivity index (χ1v) is 8.32. The van der Waals surface area contributed by atoms with E-state index in [9.17, 15) is 14.9 Å². The van der Waals surface area contributed by atoms with Crippen LogP contribution in [0.1, 0.15) is 16.1 Å². The van der Waals surface area contributed by atoms with Gasteiger partial charge in [-0.15, -0.1) is 0 Å². The zero-order valence-corrected chi connectivity index (χ0v) is 15.6. The Morgan fingerprint density at radius 3 is 2.43 bits per heavy atom. The number of carbonyl (C=O) groups is 1. The normalized spacial score (nSPS) is 10.5. The summed E-state index contributed by atoms with van der Waals surface area (Å²) in [6.07, 6.45) is 0. The van der Waals surface area contributed by atoms with E-state index in [1.165, 1.54) is 27.4 Å². The Bertz CT molecular complexity index is 1010. The maximum atomic E-state index is 12.7. The van der Waals surface area contributed by atoms with E-state index in [4.69, 9.17) is 14.2 Å². The van der Waals surface area contributed by atoms with Crippen molar-refractivity contribution in [2.75, 3.05) is 21.3 Å². The quantitative estimate of drug-likeness (QED) is 0.477. The monoisotopic (exact) mass is 385 g/mol. The number of amides is 1. The number of nitrogens with zero attached hydrogens (tertiary/aromatic N) is 1. The summed E-state index contributed by atoms with van der Waals surface area (Å²) in [7, 11) is 3.96. The molecule has 0 atom stereocenters. The van der Waals surface area contributed by atoms with Gasteiger partial charge in [0.2, 0.25) is 11.5 Å². The number of methoxy groups -OCH3 is 3. The molecule has 0 aliphatic heterocycles. The zero-order chi connectivity index (χ0) is 20.3. The predicted molar refractivity (Wildman–Crippen MR) is 102 cm³/mol. The largest absolute Gasteiger partial charge is 0.493 e. The Kier molecular flexibility index (Phi) is 5.35. The van der Waals surface area contributed by atoms with Gasteiger partial charge in [0.05, 0.1) is 32.8 Å². The van der Waals surface area contributed by atoms with Crippen molar-refractivity contribution in [3.05, 3.63) is 57.8 Å². The van der Waals surface area contributed by atoms with Gasteiger partial charge >= 0.3 is 5.69 Å². The van der Waals surface area contributed by atoms with Crippen molar-refractivity contribution in [1.82, 2.24) is 10.3 Å². The van der Waals surface area contributed by atoms with E-state index in [2.05, 4.69) is 10.3 Å². The van der Waals surface area contributed by atoms with Crippen LogP contribution >= 0.6 is 0 Å². The number of hydrogen-bond donors (Lipinski definition) is 2. The van der Waals surface area contributed by atoms with Crippen LogP contribution in [-0.4, -0.2) is 37.1 Å². The zero-order valence-electron chi connectivity index (χ0n) is 15.6. The molecule has 2 N–H and O–H groups in total. The number of benzene rings is 2. The van der Waals surface area contributed by atoms with Gasteiger partial charge in [-0.1, -0.05) is 18.2 Å². The number of ether oxygens (including phenoxy) is 3. The van der Waals surface area contributed by atoms with Gasteiger partial charge in [0, 0.05) is 17.3 Å². The third-order valence-electron chi connectivity index (χ3n) is 4.26. The first-order valence-electron chi connectivity index (χ1n) is 8.32. The molecule has 0 aliphatic carbocycles. The lowest BCUT2D eigenvalue weighted by molar-refractivity contribution is -0.386. The molecule has 2 aromatic carbocycles. The van der Waals surface area contributed by atoms with E-state index in [-0.39, 0.29) is 29.4 Å². The molecule has 0 bridgehead atoms. The van der Waals surface area contributed by atoms with Gasteiger partial charge in [-0.05, 0) is 17.5 Å². The van der Waals surface area contributed by atoms with Crippen molar-refractivity contribution in [3.63, 3.8) is 0 Å². The first-order chi connectivity index (χ1) is 13.5. The molecule has 0 unspecified atom stereocenters. The third-order valence-corrected chi connectivity index (χ3v) is 4.26. The smallest absolute Gasteiger partial charge is 0.327 e. The van der Waals surface area contributed by atoms with E-state index in [1.54, 1.807) is 0 Å². The Labute approximate surface area is 160 Å². The summed E-state index contributed by atoms with van der Waals surface area (Å²) in [5.74, 6) is -0.614. The van der Waals surface area contributed by atoms with Gasteiger partial charge in [0.25, 0.3) is 5.91 Å². The number of nitro benzene ring substituents is 1. The fourth-order valence-electron chi connectivity index (χ4n) is 2.99. The minimum atomic E-state index is -0.682.